The molecule has 0 spiro atoms. The zero-order valence-corrected chi connectivity index (χ0v) is 15.8. The number of sulfone groups is 1. The maximum absolute atomic E-state index is 12.8. The van der Waals surface area contributed by atoms with Gasteiger partial charge in [-0.2, -0.15) is 0 Å². The van der Waals surface area contributed by atoms with Crippen molar-refractivity contribution in [3.63, 3.8) is 0 Å². The molecule has 2 fully saturated rings. The molecular formula is C17H26N4O3S. The quantitative estimate of drug-likeness (QED) is 0.805. The summed E-state index contributed by atoms with van der Waals surface area (Å²) in [5, 5.41) is 0. The van der Waals surface area contributed by atoms with Crippen LogP contribution in [0.15, 0.2) is 6.07 Å². The lowest BCUT2D eigenvalue weighted by atomic mass is 10.2. The second kappa shape index (κ2) is 7.27. The fraction of sp³-hybridized carbons (Fsp3) is 0.706. The summed E-state index contributed by atoms with van der Waals surface area (Å²) in [6.45, 7) is 3.68. The van der Waals surface area contributed by atoms with Gasteiger partial charge in [-0.05, 0) is 26.2 Å². The highest BCUT2D eigenvalue weighted by Gasteiger charge is 2.33. The lowest BCUT2D eigenvalue weighted by Gasteiger charge is -2.25. The van der Waals surface area contributed by atoms with Crippen LogP contribution in [0.3, 0.4) is 0 Å². The second-order valence-corrected chi connectivity index (χ2v) is 9.26. The summed E-state index contributed by atoms with van der Waals surface area (Å²) in [6, 6.07) is 1.48. The Balaban J connectivity index is 1.80. The minimum atomic E-state index is -3.03. The largest absolute Gasteiger partial charge is 0.356 e. The van der Waals surface area contributed by atoms with E-state index in [2.05, 4.69) is 14.9 Å². The summed E-state index contributed by atoms with van der Waals surface area (Å²) in [5.74, 6) is 1.32. The molecule has 138 valence electrons. The van der Waals surface area contributed by atoms with Crippen molar-refractivity contribution in [1.82, 2.24) is 14.9 Å². The van der Waals surface area contributed by atoms with Crippen LogP contribution in [0.4, 0.5) is 5.82 Å². The number of aromatic nitrogens is 2. The summed E-state index contributed by atoms with van der Waals surface area (Å²) in [5.41, 5.74) is 0.346. The van der Waals surface area contributed by atoms with Gasteiger partial charge in [-0.3, -0.25) is 4.79 Å². The summed E-state index contributed by atoms with van der Waals surface area (Å²) < 4.78 is 23.4. The van der Waals surface area contributed by atoms with E-state index in [1.165, 1.54) is 17.7 Å². The maximum atomic E-state index is 12.8. The maximum Gasteiger partial charge on any atom is 0.272 e. The van der Waals surface area contributed by atoms with Crippen molar-refractivity contribution in [3.05, 3.63) is 17.6 Å². The topological polar surface area (TPSA) is 83.5 Å². The molecule has 1 aromatic heterocycles. The molecule has 8 heteroatoms. The Morgan fingerprint density at radius 3 is 2.48 bits per heavy atom. The Morgan fingerprint density at radius 1 is 1.20 bits per heavy atom. The summed E-state index contributed by atoms with van der Waals surface area (Å²) in [7, 11) is -1.36. The van der Waals surface area contributed by atoms with E-state index in [9.17, 15) is 13.2 Å². The summed E-state index contributed by atoms with van der Waals surface area (Å²) in [4.78, 5) is 25.4. The molecule has 0 saturated carbocycles. The first-order valence-electron chi connectivity index (χ1n) is 8.94. The highest BCUT2D eigenvalue weighted by Crippen LogP contribution is 2.21. The van der Waals surface area contributed by atoms with Crippen molar-refractivity contribution in [2.24, 2.45) is 0 Å². The zero-order chi connectivity index (χ0) is 18.0. The van der Waals surface area contributed by atoms with Gasteiger partial charge in [0.25, 0.3) is 5.91 Å². The lowest BCUT2D eigenvalue weighted by molar-refractivity contribution is 0.0741. The van der Waals surface area contributed by atoms with E-state index >= 15 is 0 Å². The number of carbonyl (C=O) groups excluding carboxylic acids is 1. The van der Waals surface area contributed by atoms with Crippen LogP contribution >= 0.6 is 0 Å². The molecule has 7 nitrogen and oxygen atoms in total. The Morgan fingerprint density at radius 2 is 1.88 bits per heavy atom. The molecular weight excluding hydrogens is 340 g/mol. The monoisotopic (exact) mass is 366 g/mol. The zero-order valence-electron chi connectivity index (χ0n) is 14.9. The van der Waals surface area contributed by atoms with Gasteiger partial charge in [-0.15, -0.1) is 0 Å². The van der Waals surface area contributed by atoms with Crippen molar-refractivity contribution in [1.29, 1.82) is 0 Å². The molecule has 2 saturated heterocycles. The van der Waals surface area contributed by atoms with Gasteiger partial charge in [-0.25, -0.2) is 18.4 Å². The van der Waals surface area contributed by atoms with Crippen molar-refractivity contribution in [2.45, 2.75) is 45.1 Å². The molecule has 1 aromatic rings. The minimum Gasteiger partial charge on any atom is -0.356 e. The Labute approximate surface area is 149 Å². The van der Waals surface area contributed by atoms with Gasteiger partial charge in [-0.1, -0.05) is 12.8 Å². The van der Waals surface area contributed by atoms with Gasteiger partial charge in [0, 0.05) is 32.2 Å². The first-order chi connectivity index (χ1) is 11.9. The van der Waals surface area contributed by atoms with E-state index in [1.807, 2.05) is 0 Å². The molecule has 2 aliphatic heterocycles. The van der Waals surface area contributed by atoms with Crippen LogP contribution in [0.5, 0.6) is 0 Å². The van der Waals surface area contributed by atoms with Crippen LogP contribution in [0.25, 0.3) is 0 Å². The molecule has 0 bridgehead atoms. The molecule has 1 unspecified atom stereocenters. The number of carbonyl (C=O) groups is 1. The second-order valence-electron chi connectivity index (χ2n) is 7.03. The molecule has 3 rings (SSSR count). The number of nitrogens with zero attached hydrogens (tertiary/aromatic N) is 4. The molecule has 1 atom stereocenters. The van der Waals surface area contributed by atoms with Gasteiger partial charge in [0.1, 0.15) is 17.3 Å². The molecule has 25 heavy (non-hydrogen) atoms. The Hall–Kier alpha value is -1.70. The molecule has 1 amide bonds. The molecule has 2 aliphatic rings. The van der Waals surface area contributed by atoms with Crippen molar-refractivity contribution in [3.8, 4) is 0 Å². The smallest absolute Gasteiger partial charge is 0.272 e. The molecule has 0 N–H and O–H groups in total. The standard InChI is InChI=1S/C17H26N4O3S/c1-13-18-15(11-16(19-13)21-8-5-3-4-6-9-21)17(22)20(2)14-7-10-25(23,24)12-14/h11,14H,3-10,12H2,1-2H3. The normalized spacial score (nSPS) is 23.3. The van der Waals surface area contributed by atoms with E-state index in [4.69, 9.17) is 0 Å². The van der Waals surface area contributed by atoms with Crippen LogP contribution in [-0.2, 0) is 9.84 Å². The van der Waals surface area contributed by atoms with Gasteiger partial charge < -0.3 is 9.80 Å². The molecule has 0 aliphatic carbocycles. The minimum absolute atomic E-state index is 0.0400. The first-order valence-corrected chi connectivity index (χ1v) is 10.8. The van der Waals surface area contributed by atoms with E-state index in [1.54, 1.807) is 20.0 Å². The predicted octanol–water partition coefficient (Wildman–Crippen LogP) is 1.42. The number of hydrogen-bond acceptors (Lipinski definition) is 6. The fourth-order valence-corrected chi connectivity index (χ4v) is 5.32. The van der Waals surface area contributed by atoms with Crippen molar-refractivity contribution in [2.75, 3.05) is 36.5 Å². The number of rotatable bonds is 3. The predicted molar refractivity (Wildman–Crippen MR) is 96.6 cm³/mol. The molecule has 0 aromatic carbocycles. The number of aryl methyl sites for hydroxylation is 1. The van der Waals surface area contributed by atoms with E-state index in [0.717, 1.165) is 31.7 Å². The van der Waals surface area contributed by atoms with Gasteiger partial charge >= 0.3 is 0 Å². The summed E-state index contributed by atoms with van der Waals surface area (Å²) >= 11 is 0. The van der Waals surface area contributed by atoms with Crippen LogP contribution < -0.4 is 4.90 Å². The van der Waals surface area contributed by atoms with Crippen molar-refractivity contribution < 1.29 is 13.2 Å². The van der Waals surface area contributed by atoms with Gasteiger partial charge in [0.2, 0.25) is 0 Å². The number of amides is 1. The van der Waals surface area contributed by atoms with Crippen LogP contribution in [0.2, 0.25) is 0 Å². The van der Waals surface area contributed by atoms with Gasteiger partial charge in [0.15, 0.2) is 9.84 Å². The Bertz CT molecular complexity index is 742. The highest BCUT2D eigenvalue weighted by molar-refractivity contribution is 7.91. The number of anilines is 1. The third-order valence-electron chi connectivity index (χ3n) is 5.05. The van der Waals surface area contributed by atoms with Gasteiger partial charge in [0.05, 0.1) is 11.5 Å². The Kier molecular flexibility index (Phi) is 5.27. The number of hydrogen-bond donors (Lipinski definition) is 0. The van der Waals surface area contributed by atoms with E-state index < -0.39 is 9.84 Å². The van der Waals surface area contributed by atoms with E-state index in [0.29, 0.717) is 17.9 Å². The average molecular weight is 366 g/mol. The molecule has 3 heterocycles. The van der Waals surface area contributed by atoms with E-state index in [-0.39, 0.29) is 23.5 Å². The third-order valence-corrected chi connectivity index (χ3v) is 6.80. The van der Waals surface area contributed by atoms with Crippen molar-refractivity contribution >= 4 is 21.6 Å². The van der Waals surface area contributed by atoms with Crippen LogP contribution in [-0.4, -0.2) is 66.9 Å². The fourth-order valence-electron chi connectivity index (χ4n) is 3.55. The average Bonchev–Trinajstić information content (AvgIpc) is 2.78. The van der Waals surface area contributed by atoms with Crippen LogP contribution in [0.1, 0.15) is 48.4 Å². The SMILES string of the molecule is Cc1nc(C(=O)N(C)C2CCS(=O)(=O)C2)cc(N2CCCCCC2)n1. The summed E-state index contributed by atoms with van der Waals surface area (Å²) in [6.07, 6.45) is 5.21. The molecule has 0 radical (unpaired) electrons. The highest BCUT2D eigenvalue weighted by atomic mass is 32.2. The van der Waals surface area contributed by atoms with Crippen LogP contribution in [0, 0.1) is 6.92 Å². The lowest BCUT2D eigenvalue weighted by Crippen LogP contribution is -2.38. The third kappa shape index (κ3) is 4.29. The first kappa shape index (κ1) is 18.1.